The first-order valence-electron chi connectivity index (χ1n) is 7.19. The van der Waals surface area contributed by atoms with Crippen molar-refractivity contribution in [1.29, 1.82) is 0 Å². The van der Waals surface area contributed by atoms with E-state index in [1.54, 1.807) is 0 Å². The van der Waals surface area contributed by atoms with Crippen molar-refractivity contribution in [2.45, 2.75) is 33.7 Å². The Balaban J connectivity index is 2.12. The first kappa shape index (κ1) is 15.8. The fourth-order valence-corrected chi connectivity index (χ4v) is 2.51. The van der Waals surface area contributed by atoms with Crippen LogP contribution in [0.3, 0.4) is 0 Å². The van der Waals surface area contributed by atoms with Gasteiger partial charge in [-0.25, -0.2) is 0 Å². The van der Waals surface area contributed by atoms with Crippen LogP contribution >= 0.6 is 15.9 Å². The molecular formula is C17H21BrN2O. The van der Waals surface area contributed by atoms with Crippen LogP contribution in [-0.2, 0) is 6.54 Å². The molecule has 0 unspecified atom stereocenters. The third-order valence-electron chi connectivity index (χ3n) is 3.18. The summed E-state index contributed by atoms with van der Waals surface area (Å²) in [5.74, 6) is 0.935. The van der Waals surface area contributed by atoms with Crippen molar-refractivity contribution in [3.63, 3.8) is 0 Å². The molecular weight excluding hydrogens is 328 g/mol. The minimum Gasteiger partial charge on any atom is -0.493 e. The van der Waals surface area contributed by atoms with Crippen molar-refractivity contribution >= 4 is 21.6 Å². The number of anilines is 1. The molecule has 1 aromatic carbocycles. The molecule has 0 amide bonds. The highest BCUT2D eigenvalue weighted by atomic mass is 79.9. The maximum absolute atomic E-state index is 5.80. The van der Waals surface area contributed by atoms with E-state index in [1.807, 2.05) is 32.0 Å². The van der Waals surface area contributed by atoms with Crippen LogP contribution in [0.15, 0.2) is 34.8 Å². The molecule has 0 radical (unpaired) electrons. The molecule has 0 spiro atoms. The van der Waals surface area contributed by atoms with Gasteiger partial charge in [-0.2, -0.15) is 0 Å². The Labute approximate surface area is 134 Å². The molecule has 0 saturated carbocycles. The van der Waals surface area contributed by atoms with Gasteiger partial charge in [0.1, 0.15) is 5.75 Å². The number of nitrogens with zero attached hydrogens (tertiary/aromatic N) is 1. The molecule has 1 heterocycles. The van der Waals surface area contributed by atoms with Gasteiger partial charge >= 0.3 is 0 Å². The lowest BCUT2D eigenvalue weighted by Gasteiger charge is -2.14. The number of rotatable bonds is 6. The molecule has 3 nitrogen and oxygen atoms in total. The van der Waals surface area contributed by atoms with E-state index in [0.717, 1.165) is 45.9 Å². The van der Waals surface area contributed by atoms with Crippen molar-refractivity contribution in [2.75, 3.05) is 11.9 Å². The van der Waals surface area contributed by atoms with Gasteiger partial charge in [-0.05, 0) is 50.6 Å². The maximum atomic E-state index is 5.80. The number of hydrogen-bond acceptors (Lipinski definition) is 3. The Kier molecular flexibility index (Phi) is 5.62. The highest BCUT2D eigenvalue weighted by Crippen LogP contribution is 2.25. The number of nitrogens with one attached hydrogen (secondary N) is 1. The fourth-order valence-electron chi connectivity index (χ4n) is 2.10. The first-order valence-corrected chi connectivity index (χ1v) is 7.98. The molecule has 2 aromatic rings. The predicted octanol–water partition coefficient (Wildman–Crippen LogP) is 4.86. The Morgan fingerprint density at radius 3 is 2.71 bits per heavy atom. The fraction of sp³-hybridized carbons (Fsp3) is 0.353. The predicted molar refractivity (Wildman–Crippen MR) is 91.0 cm³/mol. The summed E-state index contributed by atoms with van der Waals surface area (Å²) in [5.41, 5.74) is 4.24. The van der Waals surface area contributed by atoms with Gasteiger partial charge in [-0.1, -0.05) is 22.9 Å². The lowest BCUT2D eigenvalue weighted by molar-refractivity contribution is 0.314. The van der Waals surface area contributed by atoms with Gasteiger partial charge in [0.25, 0.3) is 0 Å². The van der Waals surface area contributed by atoms with Crippen molar-refractivity contribution in [1.82, 2.24) is 4.98 Å². The van der Waals surface area contributed by atoms with Crippen molar-refractivity contribution < 1.29 is 4.74 Å². The van der Waals surface area contributed by atoms with E-state index in [0.29, 0.717) is 6.54 Å². The number of halogens is 1. The van der Waals surface area contributed by atoms with Crippen LogP contribution in [0.5, 0.6) is 5.75 Å². The smallest absolute Gasteiger partial charge is 0.124 e. The monoisotopic (exact) mass is 348 g/mol. The van der Waals surface area contributed by atoms with E-state index in [4.69, 9.17) is 4.74 Å². The Hall–Kier alpha value is -1.55. The average molecular weight is 349 g/mol. The largest absolute Gasteiger partial charge is 0.493 e. The number of aromatic nitrogens is 1. The molecule has 0 aliphatic carbocycles. The second kappa shape index (κ2) is 7.46. The van der Waals surface area contributed by atoms with Crippen LogP contribution in [0.2, 0.25) is 0 Å². The van der Waals surface area contributed by atoms with Crippen LogP contribution in [0.1, 0.15) is 30.3 Å². The number of benzene rings is 1. The van der Waals surface area contributed by atoms with Crippen LogP contribution in [-0.4, -0.2) is 11.6 Å². The van der Waals surface area contributed by atoms with Crippen LogP contribution < -0.4 is 10.1 Å². The molecule has 0 atom stereocenters. The van der Waals surface area contributed by atoms with Gasteiger partial charge in [0.15, 0.2) is 0 Å². The highest BCUT2D eigenvalue weighted by molar-refractivity contribution is 9.10. The topological polar surface area (TPSA) is 34.1 Å². The SMILES string of the molecule is CCCOc1ccc(Br)cc1CNc1ccc(C)nc1C. The lowest BCUT2D eigenvalue weighted by atomic mass is 10.2. The summed E-state index contributed by atoms with van der Waals surface area (Å²) < 4.78 is 6.86. The molecule has 1 aromatic heterocycles. The molecule has 0 saturated heterocycles. The van der Waals surface area contributed by atoms with Crippen LogP contribution in [0.4, 0.5) is 5.69 Å². The Bertz CT molecular complexity index is 614. The number of pyridine rings is 1. The number of aryl methyl sites for hydroxylation is 2. The van der Waals surface area contributed by atoms with E-state index in [2.05, 4.69) is 45.3 Å². The molecule has 0 fully saturated rings. The standard InChI is InChI=1S/C17H21BrN2O/c1-4-9-21-17-8-6-15(18)10-14(17)11-19-16-7-5-12(2)20-13(16)3/h5-8,10,19H,4,9,11H2,1-3H3. The summed E-state index contributed by atoms with van der Waals surface area (Å²) >= 11 is 3.52. The van der Waals surface area contributed by atoms with Crippen molar-refractivity contribution in [3.8, 4) is 5.75 Å². The van der Waals surface area contributed by atoms with E-state index in [9.17, 15) is 0 Å². The zero-order chi connectivity index (χ0) is 15.2. The summed E-state index contributed by atoms with van der Waals surface area (Å²) in [5, 5.41) is 3.44. The summed E-state index contributed by atoms with van der Waals surface area (Å²) in [6.45, 7) is 7.58. The van der Waals surface area contributed by atoms with Gasteiger partial charge in [0.05, 0.1) is 18.0 Å². The molecule has 2 rings (SSSR count). The van der Waals surface area contributed by atoms with Gasteiger partial charge in [0.2, 0.25) is 0 Å². The first-order chi connectivity index (χ1) is 10.1. The van der Waals surface area contributed by atoms with Gasteiger partial charge in [-0.15, -0.1) is 0 Å². The second-order valence-electron chi connectivity index (χ2n) is 5.04. The van der Waals surface area contributed by atoms with Gasteiger partial charge < -0.3 is 10.1 Å². The molecule has 0 bridgehead atoms. The summed E-state index contributed by atoms with van der Waals surface area (Å²) in [4.78, 5) is 4.47. The summed E-state index contributed by atoms with van der Waals surface area (Å²) in [6.07, 6.45) is 1.00. The van der Waals surface area contributed by atoms with Crippen molar-refractivity contribution in [2.24, 2.45) is 0 Å². The minimum absolute atomic E-state index is 0.712. The quantitative estimate of drug-likeness (QED) is 0.809. The van der Waals surface area contributed by atoms with E-state index in [1.165, 1.54) is 0 Å². The van der Waals surface area contributed by atoms with Gasteiger partial charge in [-0.3, -0.25) is 4.98 Å². The molecule has 0 aliphatic heterocycles. The van der Waals surface area contributed by atoms with Crippen LogP contribution in [0.25, 0.3) is 0 Å². The number of ether oxygens (including phenoxy) is 1. The Morgan fingerprint density at radius 1 is 1.19 bits per heavy atom. The van der Waals surface area contributed by atoms with E-state index >= 15 is 0 Å². The highest BCUT2D eigenvalue weighted by Gasteiger charge is 2.06. The Morgan fingerprint density at radius 2 is 2.00 bits per heavy atom. The van der Waals surface area contributed by atoms with Gasteiger partial charge in [0, 0.05) is 22.3 Å². The normalized spacial score (nSPS) is 10.5. The third-order valence-corrected chi connectivity index (χ3v) is 3.67. The van der Waals surface area contributed by atoms with E-state index < -0.39 is 0 Å². The second-order valence-corrected chi connectivity index (χ2v) is 5.96. The summed E-state index contributed by atoms with van der Waals surface area (Å²) in [6, 6.07) is 10.2. The molecule has 4 heteroatoms. The number of hydrogen-bond donors (Lipinski definition) is 1. The average Bonchev–Trinajstić information content (AvgIpc) is 2.45. The zero-order valence-electron chi connectivity index (χ0n) is 12.7. The zero-order valence-corrected chi connectivity index (χ0v) is 14.3. The molecule has 112 valence electrons. The summed E-state index contributed by atoms with van der Waals surface area (Å²) in [7, 11) is 0. The molecule has 1 N–H and O–H groups in total. The molecule has 0 aliphatic rings. The van der Waals surface area contributed by atoms with E-state index in [-0.39, 0.29) is 0 Å². The van der Waals surface area contributed by atoms with Crippen molar-refractivity contribution in [3.05, 3.63) is 51.8 Å². The van der Waals surface area contributed by atoms with Crippen LogP contribution in [0, 0.1) is 13.8 Å². The maximum Gasteiger partial charge on any atom is 0.124 e. The minimum atomic E-state index is 0.712. The molecule has 21 heavy (non-hydrogen) atoms. The lowest BCUT2D eigenvalue weighted by Crippen LogP contribution is -2.06. The third kappa shape index (κ3) is 4.46.